The van der Waals surface area contributed by atoms with Crippen LogP contribution in [0.2, 0.25) is 0 Å². The minimum absolute atomic E-state index is 0.171. The van der Waals surface area contributed by atoms with E-state index in [1.54, 1.807) is 0 Å². The monoisotopic (exact) mass is 295 g/mol. The summed E-state index contributed by atoms with van der Waals surface area (Å²) in [5, 5.41) is 6.06. The second-order valence-corrected chi connectivity index (χ2v) is 6.19. The van der Waals surface area contributed by atoms with Crippen molar-refractivity contribution < 1.29 is 8.42 Å². The van der Waals surface area contributed by atoms with Crippen molar-refractivity contribution in [2.75, 3.05) is 6.54 Å². The molecule has 0 aliphatic carbocycles. The minimum atomic E-state index is -3.39. The number of hydrogen-bond donors (Lipinski definition) is 2. The molecule has 1 aromatic heterocycles. The number of halogens is 1. The Hall–Kier alpha value is -0.400. The number of aromatic amines is 1. The van der Waals surface area contributed by atoms with E-state index in [1.807, 2.05) is 6.92 Å². The Morgan fingerprint density at radius 1 is 1.67 bits per heavy atom. The highest BCUT2D eigenvalue weighted by molar-refractivity contribution is 9.09. The zero-order chi connectivity index (χ0) is 11.3. The van der Waals surface area contributed by atoms with E-state index < -0.39 is 10.0 Å². The van der Waals surface area contributed by atoms with Gasteiger partial charge in [-0.05, 0) is 12.8 Å². The van der Waals surface area contributed by atoms with Gasteiger partial charge in [-0.15, -0.1) is 0 Å². The van der Waals surface area contributed by atoms with Crippen LogP contribution in [0.25, 0.3) is 0 Å². The average molecular weight is 296 g/mol. The van der Waals surface area contributed by atoms with Crippen molar-refractivity contribution in [2.45, 2.75) is 29.5 Å². The third-order valence-corrected chi connectivity index (χ3v) is 4.51. The first-order valence-corrected chi connectivity index (χ1v) is 7.08. The van der Waals surface area contributed by atoms with E-state index in [4.69, 9.17) is 0 Å². The number of hydrogen-bond acceptors (Lipinski definition) is 3. The molecule has 0 amide bonds. The summed E-state index contributed by atoms with van der Waals surface area (Å²) in [4.78, 5) is 0.523. The molecule has 86 valence electrons. The first-order chi connectivity index (χ1) is 7.06. The fourth-order valence-electron chi connectivity index (χ4n) is 1.02. The van der Waals surface area contributed by atoms with Crippen molar-refractivity contribution in [2.24, 2.45) is 0 Å². The largest absolute Gasteiger partial charge is 0.284 e. The molecule has 1 aromatic rings. The highest BCUT2D eigenvalue weighted by atomic mass is 79.9. The van der Waals surface area contributed by atoms with Crippen LogP contribution in [0, 0.1) is 0 Å². The molecule has 0 aliphatic rings. The van der Waals surface area contributed by atoms with E-state index in [2.05, 4.69) is 30.8 Å². The Labute approximate surface area is 97.8 Å². The molecule has 0 saturated heterocycles. The number of aromatic nitrogens is 2. The Balaban J connectivity index is 2.45. The van der Waals surface area contributed by atoms with Gasteiger partial charge in [-0.2, -0.15) is 5.10 Å². The maximum absolute atomic E-state index is 11.6. The SMILES string of the molecule is CCC(Br)CCNS(=O)(=O)c1cn[nH]c1. The van der Waals surface area contributed by atoms with Crippen LogP contribution in [0.15, 0.2) is 17.3 Å². The lowest BCUT2D eigenvalue weighted by Crippen LogP contribution is -2.25. The van der Waals surface area contributed by atoms with E-state index in [0.717, 1.165) is 12.8 Å². The number of nitrogens with zero attached hydrogens (tertiary/aromatic N) is 1. The number of sulfonamides is 1. The molecule has 0 aromatic carbocycles. The molecule has 1 heterocycles. The molecule has 2 N–H and O–H groups in total. The Morgan fingerprint density at radius 2 is 2.40 bits per heavy atom. The highest BCUT2D eigenvalue weighted by Crippen LogP contribution is 2.09. The summed E-state index contributed by atoms with van der Waals surface area (Å²) in [5.41, 5.74) is 0. The highest BCUT2D eigenvalue weighted by Gasteiger charge is 2.14. The summed E-state index contributed by atoms with van der Waals surface area (Å²) in [7, 11) is -3.39. The molecule has 15 heavy (non-hydrogen) atoms. The van der Waals surface area contributed by atoms with E-state index in [1.165, 1.54) is 12.4 Å². The van der Waals surface area contributed by atoms with Crippen LogP contribution in [0.3, 0.4) is 0 Å². The number of H-pyrrole nitrogens is 1. The van der Waals surface area contributed by atoms with Crippen LogP contribution in [-0.2, 0) is 10.0 Å². The van der Waals surface area contributed by atoms with Gasteiger partial charge in [-0.25, -0.2) is 13.1 Å². The van der Waals surface area contributed by atoms with E-state index in [9.17, 15) is 8.42 Å². The predicted molar refractivity (Wildman–Crippen MR) is 61.4 cm³/mol. The maximum atomic E-state index is 11.6. The van der Waals surface area contributed by atoms with Gasteiger partial charge in [-0.3, -0.25) is 5.10 Å². The standard InChI is InChI=1S/C8H14BrN3O2S/c1-2-7(9)3-4-12-15(13,14)8-5-10-11-6-8/h5-7,12H,2-4H2,1H3,(H,10,11). The predicted octanol–water partition coefficient (Wildman–Crippen LogP) is 1.25. The summed E-state index contributed by atoms with van der Waals surface area (Å²) in [6.07, 6.45) is 4.39. The first kappa shape index (κ1) is 12.7. The van der Waals surface area contributed by atoms with Crippen LogP contribution in [0.4, 0.5) is 0 Å². The van der Waals surface area contributed by atoms with Gasteiger partial charge in [0.05, 0.1) is 6.20 Å². The van der Waals surface area contributed by atoms with Crippen molar-refractivity contribution >= 4 is 26.0 Å². The van der Waals surface area contributed by atoms with Crippen LogP contribution in [-0.4, -0.2) is 30.0 Å². The maximum Gasteiger partial charge on any atom is 0.243 e. The van der Waals surface area contributed by atoms with E-state index in [0.29, 0.717) is 11.4 Å². The Kier molecular flexibility index (Phi) is 4.75. The second kappa shape index (κ2) is 5.62. The molecule has 0 radical (unpaired) electrons. The smallest absolute Gasteiger partial charge is 0.243 e. The second-order valence-electron chi connectivity index (χ2n) is 3.13. The van der Waals surface area contributed by atoms with E-state index >= 15 is 0 Å². The van der Waals surface area contributed by atoms with Crippen LogP contribution >= 0.6 is 15.9 Å². The van der Waals surface area contributed by atoms with Gasteiger partial charge in [0.2, 0.25) is 10.0 Å². The molecule has 1 atom stereocenters. The fourth-order valence-corrected chi connectivity index (χ4v) is 2.20. The molecule has 0 fully saturated rings. The number of nitrogens with one attached hydrogen (secondary N) is 2. The normalized spacial score (nSPS) is 14.0. The molecule has 1 unspecified atom stereocenters. The lowest BCUT2D eigenvalue weighted by Gasteiger charge is -2.07. The zero-order valence-corrected chi connectivity index (χ0v) is 10.8. The van der Waals surface area contributed by atoms with Crippen molar-refractivity contribution in [3.63, 3.8) is 0 Å². The van der Waals surface area contributed by atoms with Gasteiger partial charge >= 0.3 is 0 Å². The van der Waals surface area contributed by atoms with Gasteiger partial charge in [0.15, 0.2) is 0 Å². The third-order valence-electron chi connectivity index (χ3n) is 1.98. The lowest BCUT2D eigenvalue weighted by atomic mass is 10.2. The van der Waals surface area contributed by atoms with Gasteiger partial charge in [0.25, 0.3) is 0 Å². The van der Waals surface area contributed by atoms with Crippen molar-refractivity contribution in [3.05, 3.63) is 12.4 Å². The van der Waals surface area contributed by atoms with Crippen molar-refractivity contribution in [1.29, 1.82) is 0 Å². The molecular weight excluding hydrogens is 282 g/mol. The van der Waals surface area contributed by atoms with Crippen molar-refractivity contribution in [3.8, 4) is 0 Å². The lowest BCUT2D eigenvalue weighted by molar-refractivity contribution is 0.577. The number of rotatable bonds is 6. The van der Waals surface area contributed by atoms with Gasteiger partial charge < -0.3 is 0 Å². The molecule has 0 bridgehead atoms. The average Bonchev–Trinajstić information content (AvgIpc) is 2.70. The Morgan fingerprint density at radius 3 is 2.93 bits per heavy atom. The third kappa shape index (κ3) is 3.92. The summed E-state index contributed by atoms with van der Waals surface area (Å²) in [5.74, 6) is 0. The minimum Gasteiger partial charge on any atom is -0.284 e. The number of alkyl halides is 1. The fraction of sp³-hybridized carbons (Fsp3) is 0.625. The summed E-state index contributed by atoms with van der Waals surface area (Å²) < 4.78 is 25.7. The molecule has 0 aliphatic heterocycles. The van der Waals surface area contributed by atoms with Gasteiger partial charge in [0, 0.05) is 17.6 Å². The molecule has 7 heteroatoms. The molecule has 0 saturated carbocycles. The summed E-state index contributed by atoms with van der Waals surface area (Å²) >= 11 is 3.44. The molecule has 5 nitrogen and oxygen atoms in total. The van der Waals surface area contributed by atoms with Crippen LogP contribution in [0.5, 0.6) is 0 Å². The van der Waals surface area contributed by atoms with E-state index in [-0.39, 0.29) is 4.90 Å². The summed E-state index contributed by atoms with van der Waals surface area (Å²) in [6, 6.07) is 0. The van der Waals surface area contributed by atoms with Gasteiger partial charge in [-0.1, -0.05) is 22.9 Å². The van der Waals surface area contributed by atoms with Crippen LogP contribution in [0.1, 0.15) is 19.8 Å². The quantitative estimate of drug-likeness (QED) is 0.776. The van der Waals surface area contributed by atoms with Gasteiger partial charge in [0.1, 0.15) is 4.90 Å². The summed E-state index contributed by atoms with van der Waals surface area (Å²) in [6.45, 7) is 2.47. The molecular formula is C8H14BrN3O2S. The van der Waals surface area contributed by atoms with Crippen molar-refractivity contribution in [1.82, 2.24) is 14.9 Å². The van der Waals surface area contributed by atoms with Crippen LogP contribution < -0.4 is 4.72 Å². The first-order valence-electron chi connectivity index (χ1n) is 4.68. The molecule has 1 rings (SSSR count). The molecule has 0 spiro atoms. The topological polar surface area (TPSA) is 74.8 Å². The zero-order valence-electron chi connectivity index (χ0n) is 8.40. The Bertz CT molecular complexity index is 377.